The van der Waals surface area contributed by atoms with Gasteiger partial charge in [-0.2, -0.15) is 5.10 Å². The Kier molecular flexibility index (Phi) is 6.01. The Morgan fingerprint density at radius 2 is 1.92 bits per heavy atom. The lowest BCUT2D eigenvalue weighted by molar-refractivity contribution is 0.101. The van der Waals surface area contributed by atoms with E-state index >= 15 is 0 Å². The normalized spacial score (nSPS) is 14.3. The molecule has 3 rings (SSSR count). The number of carbonyl (C=O) groups excluding carboxylic acids is 1. The van der Waals surface area contributed by atoms with Crippen LogP contribution in [0.25, 0.3) is 0 Å². The summed E-state index contributed by atoms with van der Waals surface area (Å²) < 4.78 is 12.1. The van der Waals surface area contributed by atoms with Crippen LogP contribution >= 0.6 is 0 Å². The highest BCUT2D eigenvalue weighted by molar-refractivity contribution is 6.02. The highest BCUT2D eigenvalue weighted by Gasteiger charge is 2.16. The minimum Gasteiger partial charge on any atom is -0.490 e. The number of benzene rings is 1. The number of anilines is 1. The van der Waals surface area contributed by atoms with Crippen LogP contribution in [0, 0.1) is 0 Å². The van der Waals surface area contributed by atoms with Crippen molar-refractivity contribution in [3.05, 3.63) is 52.4 Å². The van der Waals surface area contributed by atoms with Crippen molar-refractivity contribution >= 4 is 11.6 Å². The first-order valence-electron chi connectivity index (χ1n) is 8.81. The number of ether oxygens (including phenoxy) is 2. The molecule has 2 aromatic rings. The van der Waals surface area contributed by atoms with Crippen LogP contribution in [-0.4, -0.2) is 35.5 Å². The summed E-state index contributed by atoms with van der Waals surface area (Å²) in [6.07, 6.45) is 4.94. The first-order chi connectivity index (χ1) is 12.7. The van der Waals surface area contributed by atoms with Gasteiger partial charge in [0, 0.05) is 18.9 Å². The number of rotatable bonds is 7. The fraction of sp³-hybridized carbons (Fsp3) is 0.421. The molecule has 0 bridgehead atoms. The van der Waals surface area contributed by atoms with Crippen molar-refractivity contribution in [2.24, 2.45) is 0 Å². The van der Waals surface area contributed by atoms with Gasteiger partial charge in [-0.25, -0.2) is 4.68 Å². The molecule has 0 spiro atoms. The first-order valence-corrected chi connectivity index (χ1v) is 8.81. The van der Waals surface area contributed by atoms with Crippen LogP contribution in [0.4, 0.5) is 5.69 Å². The van der Waals surface area contributed by atoms with Crippen molar-refractivity contribution in [2.45, 2.75) is 38.3 Å². The second-order valence-electron chi connectivity index (χ2n) is 6.28. The van der Waals surface area contributed by atoms with Gasteiger partial charge in [0.1, 0.15) is 11.4 Å². The van der Waals surface area contributed by atoms with Gasteiger partial charge >= 0.3 is 0 Å². The van der Waals surface area contributed by atoms with Crippen molar-refractivity contribution in [1.82, 2.24) is 9.78 Å². The molecule has 1 aromatic heterocycles. The molecular formula is C19H23N3O4. The van der Waals surface area contributed by atoms with E-state index in [0.29, 0.717) is 24.9 Å². The summed E-state index contributed by atoms with van der Waals surface area (Å²) in [6, 6.07) is 10.0. The van der Waals surface area contributed by atoms with Gasteiger partial charge in [0.05, 0.1) is 19.3 Å². The molecule has 0 unspecified atom stereocenters. The monoisotopic (exact) mass is 357 g/mol. The SMILES string of the molecule is COCCn1nc(C(=O)Nc2ccc(OC3CCCC3)cc2)ccc1=O. The number of amides is 1. The van der Waals surface area contributed by atoms with Crippen LogP contribution in [0.5, 0.6) is 5.75 Å². The Bertz CT molecular complexity index is 795. The molecule has 1 aliphatic rings. The van der Waals surface area contributed by atoms with Crippen LogP contribution in [0.2, 0.25) is 0 Å². The molecular weight excluding hydrogens is 334 g/mol. The third-order valence-corrected chi connectivity index (χ3v) is 4.32. The molecule has 0 aliphatic heterocycles. The van der Waals surface area contributed by atoms with E-state index in [4.69, 9.17) is 9.47 Å². The zero-order chi connectivity index (χ0) is 18.4. The van der Waals surface area contributed by atoms with E-state index in [9.17, 15) is 9.59 Å². The summed E-state index contributed by atoms with van der Waals surface area (Å²) in [7, 11) is 1.54. The second-order valence-corrected chi connectivity index (χ2v) is 6.28. The first kappa shape index (κ1) is 18.1. The smallest absolute Gasteiger partial charge is 0.276 e. The molecule has 0 saturated heterocycles. The van der Waals surface area contributed by atoms with Crippen LogP contribution < -0.4 is 15.6 Å². The molecule has 1 fully saturated rings. The second kappa shape index (κ2) is 8.62. The molecule has 7 nitrogen and oxygen atoms in total. The lowest BCUT2D eigenvalue weighted by Gasteiger charge is -2.13. The van der Waals surface area contributed by atoms with Crippen molar-refractivity contribution in [1.29, 1.82) is 0 Å². The zero-order valence-corrected chi connectivity index (χ0v) is 14.8. The number of hydrogen-bond donors (Lipinski definition) is 1. The summed E-state index contributed by atoms with van der Waals surface area (Å²) in [4.78, 5) is 24.1. The van der Waals surface area contributed by atoms with Crippen molar-refractivity contribution < 1.29 is 14.3 Å². The molecule has 0 radical (unpaired) electrons. The topological polar surface area (TPSA) is 82.5 Å². The number of nitrogens with one attached hydrogen (secondary N) is 1. The fourth-order valence-electron chi connectivity index (χ4n) is 2.92. The van der Waals surface area contributed by atoms with Crippen molar-refractivity contribution in [2.75, 3.05) is 19.0 Å². The number of hydrogen-bond acceptors (Lipinski definition) is 5. The molecule has 1 N–H and O–H groups in total. The minimum atomic E-state index is -0.374. The molecule has 1 aliphatic carbocycles. The maximum absolute atomic E-state index is 12.4. The summed E-state index contributed by atoms with van der Waals surface area (Å²) in [6.45, 7) is 0.643. The quantitative estimate of drug-likeness (QED) is 0.823. The highest BCUT2D eigenvalue weighted by Crippen LogP contribution is 2.25. The predicted octanol–water partition coefficient (Wildman–Crippen LogP) is 2.46. The van der Waals surface area contributed by atoms with Crippen LogP contribution in [0.15, 0.2) is 41.2 Å². The molecule has 138 valence electrons. The van der Waals surface area contributed by atoms with E-state index in [2.05, 4.69) is 10.4 Å². The molecule has 26 heavy (non-hydrogen) atoms. The maximum atomic E-state index is 12.4. The van der Waals surface area contributed by atoms with E-state index in [0.717, 1.165) is 18.6 Å². The Morgan fingerprint density at radius 1 is 1.19 bits per heavy atom. The number of nitrogens with zero attached hydrogens (tertiary/aromatic N) is 2. The predicted molar refractivity (Wildman–Crippen MR) is 97.7 cm³/mol. The van der Waals surface area contributed by atoms with Gasteiger partial charge in [0.15, 0.2) is 0 Å². The Morgan fingerprint density at radius 3 is 2.62 bits per heavy atom. The molecule has 1 amide bonds. The molecule has 1 heterocycles. The van der Waals surface area contributed by atoms with Crippen LogP contribution in [0.3, 0.4) is 0 Å². The van der Waals surface area contributed by atoms with E-state index in [-0.39, 0.29) is 17.2 Å². The molecule has 1 saturated carbocycles. The number of methoxy groups -OCH3 is 1. The summed E-state index contributed by atoms with van der Waals surface area (Å²) in [5.41, 5.74) is 0.546. The fourth-order valence-corrected chi connectivity index (χ4v) is 2.92. The lowest BCUT2D eigenvalue weighted by atomic mass is 10.2. The molecule has 1 aromatic carbocycles. The van der Waals surface area contributed by atoms with Gasteiger partial charge in [-0.05, 0) is 56.0 Å². The third kappa shape index (κ3) is 4.70. The van der Waals surface area contributed by atoms with Crippen molar-refractivity contribution in [3.8, 4) is 5.75 Å². The average molecular weight is 357 g/mol. The van der Waals surface area contributed by atoms with E-state index < -0.39 is 0 Å². The standard InChI is InChI=1S/C19H23N3O4/c1-25-13-12-22-18(23)11-10-17(21-22)19(24)20-14-6-8-16(9-7-14)26-15-4-2-3-5-15/h6-11,15H,2-5,12-13H2,1H3,(H,20,24). The molecule has 0 atom stereocenters. The summed E-state index contributed by atoms with van der Waals surface area (Å²) >= 11 is 0. The maximum Gasteiger partial charge on any atom is 0.276 e. The Labute approximate surface area is 151 Å². The number of aromatic nitrogens is 2. The third-order valence-electron chi connectivity index (χ3n) is 4.32. The van der Waals surface area contributed by atoms with Crippen LogP contribution in [0.1, 0.15) is 36.2 Å². The van der Waals surface area contributed by atoms with Gasteiger partial charge in [-0.15, -0.1) is 0 Å². The Hall–Kier alpha value is -2.67. The highest BCUT2D eigenvalue weighted by atomic mass is 16.5. The van der Waals surface area contributed by atoms with Crippen molar-refractivity contribution in [3.63, 3.8) is 0 Å². The molecule has 7 heteroatoms. The largest absolute Gasteiger partial charge is 0.490 e. The average Bonchev–Trinajstić information content (AvgIpc) is 3.15. The summed E-state index contributed by atoms with van der Waals surface area (Å²) in [5.74, 6) is 0.432. The Balaban J connectivity index is 1.63. The van der Waals surface area contributed by atoms with E-state index in [1.165, 1.54) is 29.7 Å². The lowest BCUT2D eigenvalue weighted by Crippen LogP contribution is -2.27. The van der Waals surface area contributed by atoms with Gasteiger partial charge in [0.2, 0.25) is 0 Å². The van der Waals surface area contributed by atoms with Gasteiger partial charge < -0.3 is 14.8 Å². The van der Waals surface area contributed by atoms with E-state index in [1.54, 1.807) is 19.2 Å². The van der Waals surface area contributed by atoms with Crippen LogP contribution in [-0.2, 0) is 11.3 Å². The van der Waals surface area contributed by atoms with Gasteiger partial charge in [0.25, 0.3) is 11.5 Å². The van der Waals surface area contributed by atoms with E-state index in [1.807, 2.05) is 12.1 Å². The van der Waals surface area contributed by atoms with Gasteiger partial charge in [-0.1, -0.05) is 0 Å². The zero-order valence-electron chi connectivity index (χ0n) is 14.8. The summed E-state index contributed by atoms with van der Waals surface area (Å²) in [5, 5.41) is 6.86. The number of carbonyl (C=O) groups is 1. The van der Waals surface area contributed by atoms with Gasteiger partial charge in [-0.3, -0.25) is 9.59 Å². The minimum absolute atomic E-state index is 0.173.